The van der Waals surface area contributed by atoms with Crippen LogP contribution in [0.2, 0.25) is 5.02 Å². The zero-order valence-corrected chi connectivity index (χ0v) is 14.9. The van der Waals surface area contributed by atoms with Crippen LogP contribution in [-0.4, -0.2) is 66.0 Å². The lowest BCUT2D eigenvalue weighted by molar-refractivity contribution is -0.142. The molecule has 6 nitrogen and oxygen atoms in total. The van der Waals surface area contributed by atoms with Crippen LogP contribution in [0, 0.1) is 5.92 Å². The van der Waals surface area contributed by atoms with Crippen LogP contribution in [0.3, 0.4) is 0 Å². The Hall–Kier alpha value is -1.63. The van der Waals surface area contributed by atoms with E-state index in [2.05, 4.69) is 5.32 Å². The highest BCUT2D eigenvalue weighted by molar-refractivity contribution is 6.30. The number of amides is 2. The number of carbonyl (C=O) groups excluding carboxylic acids is 2. The number of nitrogens with one attached hydrogen (secondary N) is 1. The van der Waals surface area contributed by atoms with Gasteiger partial charge in [-0.3, -0.25) is 9.59 Å². The molecule has 2 fully saturated rings. The van der Waals surface area contributed by atoms with Crippen molar-refractivity contribution in [2.45, 2.75) is 18.9 Å². The summed E-state index contributed by atoms with van der Waals surface area (Å²) in [7, 11) is 0. The van der Waals surface area contributed by atoms with Gasteiger partial charge in [-0.05, 0) is 36.5 Å². The molecular formula is C18H24ClN3O3. The molecule has 2 saturated heterocycles. The molecule has 2 heterocycles. The number of carbonyl (C=O) groups is 2. The molecule has 0 aromatic heterocycles. The Labute approximate surface area is 152 Å². The first kappa shape index (κ1) is 18.2. The van der Waals surface area contributed by atoms with Crippen molar-refractivity contribution in [3.63, 3.8) is 0 Å². The van der Waals surface area contributed by atoms with Crippen molar-refractivity contribution >= 4 is 23.4 Å². The smallest absolute Gasteiger partial charge is 0.242 e. The van der Waals surface area contributed by atoms with E-state index in [1.807, 2.05) is 12.1 Å². The van der Waals surface area contributed by atoms with Crippen molar-refractivity contribution in [1.29, 1.82) is 0 Å². The van der Waals surface area contributed by atoms with Gasteiger partial charge in [-0.2, -0.15) is 0 Å². The fraction of sp³-hybridized carbons (Fsp3) is 0.556. The normalized spacial score (nSPS) is 20.6. The standard InChI is InChI=1S/C18H24ClN3O3/c19-15-3-1-13(2-4-15)18(25)14-5-8-21(9-6-14)17(24)12-22-10-7-20-11-16(22)23/h1-4,14,18,20,25H,5-12H2/t18-/m1/s1. The molecule has 0 radical (unpaired) electrons. The van der Waals surface area contributed by atoms with Gasteiger partial charge in [0, 0.05) is 31.2 Å². The van der Waals surface area contributed by atoms with Gasteiger partial charge >= 0.3 is 0 Å². The molecular weight excluding hydrogens is 342 g/mol. The number of hydrogen-bond acceptors (Lipinski definition) is 4. The Morgan fingerprint density at radius 1 is 1.24 bits per heavy atom. The van der Waals surface area contributed by atoms with Gasteiger partial charge in [0.2, 0.25) is 11.8 Å². The lowest BCUT2D eigenvalue weighted by atomic mass is 9.87. The number of piperidine rings is 1. The Bertz CT molecular complexity index is 614. The summed E-state index contributed by atoms with van der Waals surface area (Å²) in [6.07, 6.45) is 0.972. The number of piperazine rings is 1. The largest absolute Gasteiger partial charge is 0.388 e. The highest BCUT2D eigenvalue weighted by Gasteiger charge is 2.30. The van der Waals surface area contributed by atoms with Gasteiger partial charge in [0.15, 0.2) is 0 Å². The van der Waals surface area contributed by atoms with E-state index < -0.39 is 6.10 Å². The van der Waals surface area contributed by atoms with Crippen LogP contribution < -0.4 is 5.32 Å². The molecule has 1 aromatic carbocycles. The third-order valence-electron chi connectivity index (χ3n) is 5.06. The molecule has 136 valence electrons. The summed E-state index contributed by atoms with van der Waals surface area (Å²) in [6.45, 7) is 3.01. The maximum atomic E-state index is 12.4. The highest BCUT2D eigenvalue weighted by Crippen LogP contribution is 2.31. The zero-order chi connectivity index (χ0) is 17.8. The third kappa shape index (κ3) is 4.51. The molecule has 0 saturated carbocycles. The third-order valence-corrected chi connectivity index (χ3v) is 5.32. The van der Waals surface area contributed by atoms with Crippen molar-refractivity contribution in [2.24, 2.45) is 5.92 Å². The Morgan fingerprint density at radius 3 is 2.56 bits per heavy atom. The van der Waals surface area contributed by atoms with E-state index in [9.17, 15) is 14.7 Å². The van der Waals surface area contributed by atoms with Crippen LogP contribution >= 0.6 is 11.6 Å². The lowest BCUT2D eigenvalue weighted by Crippen LogP contribution is -2.52. The fourth-order valence-electron chi connectivity index (χ4n) is 3.47. The first-order chi connectivity index (χ1) is 12.0. The van der Waals surface area contributed by atoms with Crippen molar-refractivity contribution in [3.8, 4) is 0 Å². The van der Waals surface area contributed by atoms with E-state index in [4.69, 9.17) is 11.6 Å². The number of aliphatic hydroxyl groups excluding tert-OH is 1. The molecule has 2 amide bonds. The minimum Gasteiger partial charge on any atom is -0.388 e. The van der Waals surface area contributed by atoms with Crippen LogP contribution in [0.25, 0.3) is 0 Å². The summed E-state index contributed by atoms with van der Waals surface area (Å²) in [5.74, 6) is 0.105. The number of likely N-dealkylation sites (tertiary alicyclic amines) is 1. The second-order valence-corrected chi connectivity index (χ2v) is 7.14. The molecule has 0 spiro atoms. The zero-order valence-electron chi connectivity index (χ0n) is 14.2. The molecule has 2 aliphatic heterocycles. The summed E-state index contributed by atoms with van der Waals surface area (Å²) in [6, 6.07) is 7.26. The van der Waals surface area contributed by atoms with Gasteiger partial charge in [-0.1, -0.05) is 23.7 Å². The minimum atomic E-state index is -0.538. The predicted molar refractivity (Wildman–Crippen MR) is 95.2 cm³/mol. The van der Waals surface area contributed by atoms with Crippen molar-refractivity contribution in [1.82, 2.24) is 15.1 Å². The summed E-state index contributed by atoms with van der Waals surface area (Å²) in [5, 5.41) is 14.2. The molecule has 7 heteroatoms. The number of benzene rings is 1. The van der Waals surface area contributed by atoms with Gasteiger partial charge in [-0.15, -0.1) is 0 Å². The Balaban J connectivity index is 1.50. The second-order valence-electron chi connectivity index (χ2n) is 6.71. The first-order valence-electron chi connectivity index (χ1n) is 8.74. The number of hydrogen-bond donors (Lipinski definition) is 2. The molecule has 2 aliphatic rings. The first-order valence-corrected chi connectivity index (χ1v) is 9.12. The van der Waals surface area contributed by atoms with Gasteiger partial charge in [0.05, 0.1) is 19.2 Å². The van der Waals surface area contributed by atoms with E-state index >= 15 is 0 Å². The van der Waals surface area contributed by atoms with E-state index in [0.717, 1.165) is 24.9 Å². The topological polar surface area (TPSA) is 72.9 Å². The maximum absolute atomic E-state index is 12.4. The number of halogens is 1. The molecule has 2 N–H and O–H groups in total. The summed E-state index contributed by atoms with van der Waals surface area (Å²) in [5.41, 5.74) is 0.862. The van der Waals surface area contributed by atoms with Crippen LogP contribution in [0.15, 0.2) is 24.3 Å². The monoisotopic (exact) mass is 365 g/mol. The summed E-state index contributed by atoms with van der Waals surface area (Å²) in [4.78, 5) is 27.6. The average molecular weight is 366 g/mol. The Kier molecular flexibility index (Phi) is 5.93. The van der Waals surface area contributed by atoms with Crippen molar-refractivity contribution in [3.05, 3.63) is 34.9 Å². The maximum Gasteiger partial charge on any atom is 0.242 e. The fourth-order valence-corrected chi connectivity index (χ4v) is 3.60. The van der Waals surface area contributed by atoms with Gasteiger partial charge in [0.1, 0.15) is 0 Å². The van der Waals surface area contributed by atoms with Gasteiger partial charge in [-0.25, -0.2) is 0 Å². The van der Waals surface area contributed by atoms with E-state index in [0.29, 0.717) is 31.2 Å². The van der Waals surface area contributed by atoms with E-state index in [-0.39, 0.29) is 24.3 Å². The number of aliphatic hydroxyl groups is 1. The number of rotatable bonds is 4. The molecule has 1 atom stereocenters. The minimum absolute atomic E-state index is 0.00492. The highest BCUT2D eigenvalue weighted by atomic mass is 35.5. The van der Waals surface area contributed by atoms with Crippen LogP contribution in [-0.2, 0) is 9.59 Å². The van der Waals surface area contributed by atoms with E-state index in [1.165, 1.54) is 0 Å². The van der Waals surface area contributed by atoms with Crippen molar-refractivity contribution < 1.29 is 14.7 Å². The Morgan fingerprint density at radius 2 is 1.92 bits per heavy atom. The number of nitrogens with zero attached hydrogens (tertiary/aromatic N) is 2. The SMILES string of the molecule is O=C(CN1CCNCC1=O)N1CCC([C@H](O)c2ccc(Cl)cc2)CC1. The summed E-state index contributed by atoms with van der Waals surface area (Å²) >= 11 is 5.89. The summed E-state index contributed by atoms with van der Waals surface area (Å²) < 4.78 is 0. The second kappa shape index (κ2) is 8.17. The molecule has 0 bridgehead atoms. The quantitative estimate of drug-likeness (QED) is 0.836. The molecule has 3 rings (SSSR count). The van der Waals surface area contributed by atoms with Gasteiger partial charge < -0.3 is 20.2 Å². The van der Waals surface area contributed by atoms with Crippen molar-refractivity contribution in [2.75, 3.05) is 39.3 Å². The van der Waals surface area contributed by atoms with Crippen LogP contribution in [0.5, 0.6) is 0 Å². The van der Waals surface area contributed by atoms with Crippen LogP contribution in [0.4, 0.5) is 0 Å². The lowest BCUT2D eigenvalue weighted by Gasteiger charge is -2.36. The van der Waals surface area contributed by atoms with Crippen LogP contribution in [0.1, 0.15) is 24.5 Å². The average Bonchev–Trinajstić information content (AvgIpc) is 2.64. The molecule has 0 unspecified atom stereocenters. The van der Waals surface area contributed by atoms with E-state index in [1.54, 1.807) is 21.9 Å². The predicted octanol–water partition coefficient (Wildman–Crippen LogP) is 1.04. The van der Waals surface area contributed by atoms with Gasteiger partial charge in [0.25, 0.3) is 0 Å². The molecule has 0 aliphatic carbocycles. The molecule has 1 aromatic rings. The molecule has 25 heavy (non-hydrogen) atoms.